The Morgan fingerprint density at radius 3 is 2.88 bits per heavy atom. The Bertz CT molecular complexity index is 448. The van der Waals surface area contributed by atoms with Crippen LogP contribution >= 0.6 is 46.1 Å². The lowest BCUT2D eigenvalue weighted by Crippen LogP contribution is -2.30. The van der Waals surface area contributed by atoms with Crippen molar-refractivity contribution in [2.45, 2.75) is 24.8 Å². The van der Waals surface area contributed by atoms with Gasteiger partial charge in [-0.15, -0.1) is 0 Å². The molecule has 0 unspecified atom stereocenters. The molecule has 0 bridgehead atoms. The van der Waals surface area contributed by atoms with Crippen LogP contribution < -0.4 is 10.0 Å². The standard InChI is InChI=1S/C10H11ClIN3S/c1-5(2)13-10-14-8-3-6(11)7(12)4-9(8)16-15-10/h3-5H,1-2H3,(H2,13,14,15). The van der Waals surface area contributed by atoms with Gasteiger partial charge in [0.1, 0.15) is 0 Å². The molecular formula is C10H11ClIN3S. The number of guanidine groups is 1. The molecule has 6 heteroatoms. The molecule has 16 heavy (non-hydrogen) atoms. The van der Waals surface area contributed by atoms with Gasteiger partial charge in [0.2, 0.25) is 5.96 Å². The van der Waals surface area contributed by atoms with Gasteiger partial charge in [-0.25, -0.2) is 4.99 Å². The van der Waals surface area contributed by atoms with Crippen molar-refractivity contribution in [3.05, 3.63) is 20.7 Å². The van der Waals surface area contributed by atoms with E-state index in [0.717, 1.165) is 25.1 Å². The highest BCUT2D eigenvalue weighted by molar-refractivity contribution is 14.1. The zero-order valence-electron chi connectivity index (χ0n) is 8.84. The highest BCUT2D eigenvalue weighted by Crippen LogP contribution is 2.34. The number of anilines is 1. The molecule has 0 spiro atoms. The highest BCUT2D eigenvalue weighted by atomic mass is 127. The molecule has 1 aliphatic heterocycles. The summed E-state index contributed by atoms with van der Waals surface area (Å²) in [5.41, 5.74) is 1.01. The van der Waals surface area contributed by atoms with Crippen molar-refractivity contribution in [1.82, 2.24) is 4.72 Å². The molecule has 3 nitrogen and oxygen atoms in total. The van der Waals surface area contributed by atoms with Gasteiger partial charge < -0.3 is 5.32 Å². The maximum Gasteiger partial charge on any atom is 0.206 e. The van der Waals surface area contributed by atoms with Gasteiger partial charge in [-0.2, -0.15) is 0 Å². The SMILES string of the molecule is CC(C)N=C1NSc2cc(I)c(Cl)cc2N1. The summed E-state index contributed by atoms with van der Waals surface area (Å²) in [4.78, 5) is 5.55. The van der Waals surface area contributed by atoms with Crippen LogP contribution in [-0.4, -0.2) is 12.0 Å². The smallest absolute Gasteiger partial charge is 0.206 e. The van der Waals surface area contributed by atoms with Crippen molar-refractivity contribution >= 4 is 57.8 Å². The van der Waals surface area contributed by atoms with Crippen LogP contribution in [0, 0.1) is 3.57 Å². The van der Waals surface area contributed by atoms with Gasteiger partial charge in [-0.1, -0.05) is 11.6 Å². The maximum atomic E-state index is 6.08. The monoisotopic (exact) mass is 367 g/mol. The topological polar surface area (TPSA) is 36.4 Å². The fourth-order valence-corrected chi connectivity index (χ4v) is 2.83. The average Bonchev–Trinajstić information content (AvgIpc) is 2.19. The van der Waals surface area contributed by atoms with Crippen molar-refractivity contribution in [3.8, 4) is 0 Å². The Balaban J connectivity index is 2.30. The molecule has 86 valence electrons. The third kappa shape index (κ3) is 2.75. The number of hydrogen-bond donors (Lipinski definition) is 2. The Hall–Kier alpha value is -0.140. The van der Waals surface area contributed by atoms with Crippen LogP contribution in [0.1, 0.15) is 13.8 Å². The van der Waals surface area contributed by atoms with Crippen molar-refractivity contribution in [2.24, 2.45) is 4.99 Å². The molecular weight excluding hydrogens is 357 g/mol. The van der Waals surface area contributed by atoms with Crippen LogP contribution in [0.2, 0.25) is 5.02 Å². The molecule has 0 saturated carbocycles. The van der Waals surface area contributed by atoms with E-state index in [9.17, 15) is 0 Å². The largest absolute Gasteiger partial charge is 0.325 e. The van der Waals surface area contributed by atoms with Crippen LogP contribution in [0.25, 0.3) is 0 Å². The Labute approximate surface area is 118 Å². The van der Waals surface area contributed by atoms with E-state index in [1.165, 1.54) is 0 Å². The number of aliphatic imine (C=N–C) groups is 1. The number of fused-ring (bicyclic) bond motifs is 1. The number of halogens is 2. The molecule has 0 radical (unpaired) electrons. The molecule has 0 aromatic heterocycles. The summed E-state index contributed by atoms with van der Waals surface area (Å²) >= 11 is 9.86. The fourth-order valence-electron chi connectivity index (χ4n) is 1.28. The summed E-state index contributed by atoms with van der Waals surface area (Å²) in [5, 5.41) is 3.99. The number of rotatable bonds is 1. The first kappa shape index (κ1) is 12.3. The van der Waals surface area contributed by atoms with E-state index >= 15 is 0 Å². The molecule has 2 N–H and O–H groups in total. The van der Waals surface area contributed by atoms with Gasteiger partial charge in [0.05, 0.1) is 15.6 Å². The first-order valence-corrected chi connectivity index (χ1v) is 7.10. The minimum Gasteiger partial charge on any atom is -0.325 e. The highest BCUT2D eigenvalue weighted by Gasteiger charge is 2.15. The second-order valence-electron chi connectivity index (χ2n) is 3.66. The van der Waals surface area contributed by atoms with Crippen LogP contribution in [-0.2, 0) is 0 Å². The van der Waals surface area contributed by atoms with Gasteiger partial charge in [0.15, 0.2) is 0 Å². The lowest BCUT2D eigenvalue weighted by atomic mass is 10.3. The van der Waals surface area contributed by atoms with Crippen molar-refractivity contribution in [2.75, 3.05) is 5.32 Å². The van der Waals surface area contributed by atoms with E-state index in [1.807, 2.05) is 19.9 Å². The average molecular weight is 368 g/mol. The molecule has 1 aliphatic rings. The van der Waals surface area contributed by atoms with Gasteiger partial charge >= 0.3 is 0 Å². The molecule has 0 amide bonds. The zero-order valence-corrected chi connectivity index (χ0v) is 12.6. The van der Waals surface area contributed by atoms with E-state index < -0.39 is 0 Å². The Kier molecular flexibility index (Phi) is 3.86. The second-order valence-corrected chi connectivity index (χ2v) is 6.08. The van der Waals surface area contributed by atoms with Crippen LogP contribution in [0.5, 0.6) is 0 Å². The van der Waals surface area contributed by atoms with Crippen molar-refractivity contribution in [3.63, 3.8) is 0 Å². The summed E-state index contributed by atoms with van der Waals surface area (Å²) in [6, 6.07) is 4.24. The fraction of sp³-hybridized carbons (Fsp3) is 0.300. The molecule has 0 aliphatic carbocycles. The second kappa shape index (κ2) is 5.01. The molecule has 1 heterocycles. The van der Waals surface area contributed by atoms with Crippen LogP contribution in [0.4, 0.5) is 5.69 Å². The normalized spacial score (nSPS) is 16.9. The molecule has 0 atom stereocenters. The number of benzene rings is 1. The van der Waals surface area contributed by atoms with Crippen molar-refractivity contribution < 1.29 is 0 Å². The predicted octanol–water partition coefficient (Wildman–Crippen LogP) is 3.73. The minimum atomic E-state index is 0.261. The van der Waals surface area contributed by atoms with E-state index in [0.29, 0.717) is 0 Å². The number of nitrogens with zero attached hydrogens (tertiary/aromatic N) is 1. The third-order valence-electron chi connectivity index (χ3n) is 1.92. The van der Waals surface area contributed by atoms with Gasteiger partial charge in [-0.3, -0.25) is 4.72 Å². The predicted molar refractivity (Wildman–Crippen MR) is 79.4 cm³/mol. The van der Waals surface area contributed by atoms with Crippen molar-refractivity contribution in [1.29, 1.82) is 0 Å². The molecule has 1 aromatic rings. The van der Waals surface area contributed by atoms with Gasteiger partial charge in [0.25, 0.3) is 0 Å². The minimum absolute atomic E-state index is 0.261. The third-order valence-corrected chi connectivity index (χ3v) is 4.30. The summed E-state index contributed by atoms with van der Waals surface area (Å²) in [7, 11) is 0. The number of nitrogens with one attached hydrogen (secondary N) is 2. The first-order chi connectivity index (χ1) is 7.56. The summed E-state index contributed by atoms with van der Waals surface area (Å²) < 4.78 is 4.22. The molecule has 0 saturated heterocycles. The zero-order chi connectivity index (χ0) is 11.7. The quantitative estimate of drug-likeness (QED) is 0.586. The van der Waals surface area contributed by atoms with Gasteiger partial charge in [0, 0.05) is 9.61 Å². The lowest BCUT2D eigenvalue weighted by Gasteiger charge is -2.21. The van der Waals surface area contributed by atoms with E-state index in [-0.39, 0.29) is 6.04 Å². The summed E-state index contributed by atoms with van der Waals surface area (Å²) in [6.45, 7) is 4.08. The molecule has 1 aromatic carbocycles. The van der Waals surface area contributed by atoms with E-state index in [2.05, 4.69) is 43.7 Å². The van der Waals surface area contributed by atoms with E-state index in [4.69, 9.17) is 11.6 Å². The van der Waals surface area contributed by atoms with Crippen LogP contribution in [0.3, 0.4) is 0 Å². The summed E-state index contributed by atoms with van der Waals surface area (Å²) in [5.74, 6) is 0.782. The molecule has 2 rings (SSSR count). The summed E-state index contributed by atoms with van der Waals surface area (Å²) in [6.07, 6.45) is 0. The van der Waals surface area contributed by atoms with Crippen LogP contribution in [0.15, 0.2) is 22.0 Å². The Morgan fingerprint density at radius 2 is 2.19 bits per heavy atom. The van der Waals surface area contributed by atoms with E-state index in [1.54, 1.807) is 11.9 Å². The Morgan fingerprint density at radius 1 is 1.44 bits per heavy atom. The van der Waals surface area contributed by atoms with Gasteiger partial charge in [-0.05, 0) is 60.5 Å². The lowest BCUT2D eigenvalue weighted by molar-refractivity contribution is 0.831. The molecule has 0 fully saturated rings. The number of hydrogen-bond acceptors (Lipinski definition) is 2. The first-order valence-electron chi connectivity index (χ1n) is 4.83. The maximum absolute atomic E-state index is 6.08.